The highest BCUT2D eigenvalue weighted by Gasteiger charge is 2.42. The Bertz CT molecular complexity index is 3360. The van der Waals surface area contributed by atoms with Crippen LogP contribution in [-0.4, -0.2) is 170 Å². The largest absolute Gasteiger partial charge is 0.489 e. The Kier molecular flexibility index (Phi) is 42.3. The van der Waals surface area contributed by atoms with Gasteiger partial charge in [-0.15, -0.1) is 0 Å². The summed E-state index contributed by atoms with van der Waals surface area (Å²) in [5, 5.41) is 17.3. The zero-order valence-electron chi connectivity index (χ0n) is 67.2. The van der Waals surface area contributed by atoms with E-state index in [1.807, 2.05) is 137 Å². The molecule has 112 heavy (non-hydrogen) atoms. The van der Waals surface area contributed by atoms with E-state index in [0.29, 0.717) is 115 Å². The van der Waals surface area contributed by atoms with Gasteiger partial charge in [-0.3, -0.25) is 48.3 Å². The van der Waals surface area contributed by atoms with Gasteiger partial charge in [0.2, 0.25) is 47.3 Å². The molecule has 0 saturated carbocycles. The minimum atomic E-state index is -0.953. The number of ether oxygens (including phenoxy) is 4. The second-order valence-electron chi connectivity index (χ2n) is 29.6. The van der Waals surface area contributed by atoms with Crippen molar-refractivity contribution in [1.29, 1.82) is 0 Å². The van der Waals surface area contributed by atoms with Gasteiger partial charge in [0.1, 0.15) is 73.0 Å². The molecular weight excluding hydrogens is 1430 g/mol. The average Bonchev–Trinajstić information content (AvgIpc) is 1.61. The number of benzene rings is 4. The van der Waals surface area contributed by atoms with E-state index in [2.05, 4.69) is 55.7 Å². The fraction of sp³-hybridized carbons (Fsp3) is 0.571. The molecule has 0 aromatic heterocycles. The maximum absolute atomic E-state index is 14.2. The highest BCUT2D eigenvalue weighted by atomic mass is 16.5. The predicted molar refractivity (Wildman–Crippen MR) is 432 cm³/mol. The van der Waals surface area contributed by atoms with Gasteiger partial charge in [-0.1, -0.05) is 178 Å². The van der Waals surface area contributed by atoms with E-state index >= 15 is 0 Å². The lowest BCUT2D eigenvalue weighted by atomic mass is 10.00. The summed E-state index contributed by atoms with van der Waals surface area (Å²) >= 11 is 0. The summed E-state index contributed by atoms with van der Waals surface area (Å²) in [4.78, 5) is 146. The fourth-order valence-corrected chi connectivity index (χ4v) is 13.4. The van der Waals surface area contributed by atoms with E-state index < -0.39 is 95.7 Å². The molecule has 28 nitrogen and oxygen atoms in total. The molecule has 2 aliphatic heterocycles. The van der Waals surface area contributed by atoms with Crippen molar-refractivity contribution in [2.24, 2.45) is 44.8 Å². The van der Waals surface area contributed by atoms with Crippen molar-refractivity contribution in [1.82, 2.24) is 41.7 Å². The molecule has 2 aliphatic rings. The Hall–Kier alpha value is -10.3. The first-order valence-corrected chi connectivity index (χ1v) is 40.0. The second-order valence-corrected chi connectivity index (χ2v) is 29.6. The molecular formula is C84H126N14O14. The van der Waals surface area contributed by atoms with Crippen LogP contribution in [0.25, 0.3) is 0 Å². The zero-order chi connectivity index (χ0) is 81.7. The van der Waals surface area contributed by atoms with Crippen molar-refractivity contribution in [3.05, 3.63) is 131 Å². The third-order valence-electron chi connectivity index (χ3n) is 19.4. The summed E-state index contributed by atoms with van der Waals surface area (Å²) in [6.07, 6.45) is 14.6. The topological polar surface area (TPSA) is 415 Å². The number of nitrogens with two attached hydrogens (primary N) is 4. The second kappa shape index (κ2) is 51.3. The van der Waals surface area contributed by atoms with Gasteiger partial charge in [0.05, 0.1) is 14.2 Å². The lowest BCUT2D eigenvalue weighted by molar-refractivity contribution is -0.147. The molecule has 4 aromatic rings. The van der Waals surface area contributed by atoms with E-state index in [-0.39, 0.29) is 74.3 Å². The van der Waals surface area contributed by atoms with E-state index in [9.17, 15) is 47.9 Å². The molecule has 8 amide bonds. The molecule has 616 valence electrons. The molecule has 8 atom stereocenters. The first-order valence-electron chi connectivity index (χ1n) is 40.0. The molecule has 0 aliphatic carbocycles. The van der Waals surface area contributed by atoms with Crippen molar-refractivity contribution in [2.75, 3.05) is 40.4 Å². The standard InChI is InChI=1S/2C42H63N7O7/c2*1-5-6-7-8-12-19-37(50)46-34(27-30-20-22-32(23-21-30)56-28-31-15-10-9-11-16-31)38(51)48-35(26-29(2)3)40(53)49-25-14-18-36(49)39(52)47-33(41(54)55-4)17-13-24-45-42(43)44/h2*9-11,15-16,20-23,29,33-36H,5-8,12-14,17-19,24-28H2,1-4H3,(H,46,50)(H,47,52)(H,48,51)(H4,43,44,45)/t33-,34+,35+,36+;33-,34-,35+,36+/m11/s1. The maximum Gasteiger partial charge on any atom is 0.328 e. The van der Waals surface area contributed by atoms with Crippen molar-refractivity contribution >= 4 is 71.1 Å². The van der Waals surface area contributed by atoms with Crippen LogP contribution in [0.4, 0.5) is 0 Å². The molecule has 2 saturated heterocycles. The number of nitrogens with one attached hydrogen (secondary N) is 6. The van der Waals surface area contributed by atoms with Crippen LogP contribution in [0.15, 0.2) is 119 Å². The molecule has 2 heterocycles. The van der Waals surface area contributed by atoms with Crippen LogP contribution in [0.3, 0.4) is 0 Å². The van der Waals surface area contributed by atoms with Crippen LogP contribution in [0.2, 0.25) is 0 Å². The Morgan fingerprint density at radius 1 is 0.429 bits per heavy atom. The lowest BCUT2D eigenvalue weighted by Gasteiger charge is -2.31. The first kappa shape index (κ1) is 92.3. The number of amides is 8. The Morgan fingerprint density at radius 2 is 0.786 bits per heavy atom. The zero-order valence-corrected chi connectivity index (χ0v) is 67.2. The lowest BCUT2D eigenvalue weighted by Crippen LogP contribution is -2.58. The van der Waals surface area contributed by atoms with Gasteiger partial charge in [0, 0.05) is 51.9 Å². The molecule has 0 unspecified atom stereocenters. The summed E-state index contributed by atoms with van der Waals surface area (Å²) in [5.41, 5.74) is 25.3. The number of methoxy groups -OCH3 is 2. The number of hydrogen-bond donors (Lipinski definition) is 10. The first-order chi connectivity index (χ1) is 53.8. The van der Waals surface area contributed by atoms with Gasteiger partial charge < -0.3 is 83.6 Å². The van der Waals surface area contributed by atoms with E-state index in [0.717, 1.165) is 73.6 Å². The number of hydrogen-bond acceptors (Lipinski definition) is 16. The third kappa shape index (κ3) is 34.5. The van der Waals surface area contributed by atoms with Gasteiger partial charge in [0.25, 0.3) is 0 Å². The number of carbonyl (C=O) groups is 10. The summed E-state index contributed by atoms with van der Waals surface area (Å²) < 4.78 is 21.7. The number of likely N-dealkylation sites (tertiary alicyclic amines) is 2. The van der Waals surface area contributed by atoms with Gasteiger partial charge in [-0.25, -0.2) is 9.59 Å². The minimum Gasteiger partial charge on any atom is -0.489 e. The number of carbonyl (C=O) groups excluding carboxylic acids is 10. The number of esters is 2. The van der Waals surface area contributed by atoms with Gasteiger partial charge in [0.15, 0.2) is 11.9 Å². The molecule has 2 fully saturated rings. The SMILES string of the molecule is CCCCCCCC(=O)N[C@@H](Cc1ccc(OCc2ccccc2)cc1)C(=O)N[C@@H](CC(C)C)C(=O)N1CCC[C@H]1C(=O)N[C@H](CCCN=C(N)N)C(=O)OC.CCCCCCCC(=O)N[C@H](Cc1ccc(OCc2ccccc2)cc1)C(=O)N[C@@H](CC(C)C)C(=O)N1CCC[C@H]1C(=O)N[C@H](CCCN=C(N)N)C(=O)OC. The quantitative estimate of drug-likeness (QED) is 0.00873. The van der Waals surface area contributed by atoms with Gasteiger partial charge in [-0.2, -0.15) is 0 Å². The summed E-state index contributed by atoms with van der Waals surface area (Å²) in [7, 11) is 2.48. The fourth-order valence-electron chi connectivity index (χ4n) is 13.4. The predicted octanol–water partition coefficient (Wildman–Crippen LogP) is 7.77. The van der Waals surface area contributed by atoms with Gasteiger partial charge >= 0.3 is 11.9 Å². The molecule has 28 heteroatoms. The van der Waals surface area contributed by atoms with Crippen molar-refractivity contribution in [2.45, 2.75) is 257 Å². The van der Waals surface area contributed by atoms with Crippen LogP contribution in [0, 0.1) is 11.8 Å². The van der Waals surface area contributed by atoms with Crippen LogP contribution in [0.1, 0.15) is 205 Å². The molecule has 14 N–H and O–H groups in total. The average molecular weight is 1560 g/mol. The third-order valence-corrected chi connectivity index (χ3v) is 19.4. The number of rotatable bonds is 48. The highest BCUT2D eigenvalue weighted by molar-refractivity contribution is 5.97. The monoisotopic (exact) mass is 1550 g/mol. The van der Waals surface area contributed by atoms with Crippen molar-refractivity contribution in [3.63, 3.8) is 0 Å². The summed E-state index contributed by atoms with van der Waals surface area (Å²) in [6, 6.07) is 27.1. The van der Waals surface area contributed by atoms with Gasteiger partial charge in [-0.05, 0) is 135 Å². The highest BCUT2D eigenvalue weighted by Crippen LogP contribution is 2.25. The van der Waals surface area contributed by atoms with Crippen LogP contribution >= 0.6 is 0 Å². The summed E-state index contributed by atoms with van der Waals surface area (Å²) in [5.74, 6) is -3.19. The number of nitrogens with zero attached hydrogens (tertiary/aromatic N) is 4. The number of unbranched alkanes of at least 4 members (excludes halogenated alkanes) is 8. The molecule has 0 radical (unpaired) electrons. The normalized spacial score (nSPS) is 15.3. The summed E-state index contributed by atoms with van der Waals surface area (Å²) in [6.45, 7) is 14.0. The van der Waals surface area contributed by atoms with E-state index in [4.69, 9.17) is 41.9 Å². The van der Waals surface area contributed by atoms with E-state index in [1.54, 1.807) is 0 Å². The Labute approximate surface area is 662 Å². The molecule has 6 rings (SSSR count). The Morgan fingerprint density at radius 3 is 1.12 bits per heavy atom. The van der Waals surface area contributed by atoms with Crippen LogP contribution < -0.4 is 64.3 Å². The van der Waals surface area contributed by atoms with E-state index in [1.165, 1.54) is 24.0 Å². The smallest absolute Gasteiger partial charge is 0.328 e. The maximum atomic E-state index is 14.2. The molecule has 0 bridgehead atoms. The Balaban J connectivity index is 0.000000400. The molecule has 0 spiro atoms. The van der Waals surface area contributed by atoms with Crippen molar-refractivity contribution in [3.8, 4) is 11.5 Å². The van der Waals surface area contributed by atoms with Crippen molar-refractivity contribution < 1.29 is 66.9 Å². The van der Waals surface area contributed by atoms with Crippen LogP contribution in [0.5, 0.6) is 11.5 Å². The van der Waals surface area contributed by atoms with Crippen LogP contribution in [-0.2, 0) is 83.5 Å². The number of guanidine groups is 2. The molecule has 4 aromatic carbocycles. The minimum absolute atomic E-state index is 0.0210. The number of aliphatic imine (C=N–C) groups is 2.